The molecular weight excluding hydrogens is 276 g/mol. The molecule has 0 saturated heterocycles. The lowest BCUT2D eigenvalue weighted by Gasteiger charge is -2.36. The van der Waals surface area contributed by atoms with E-state index in [4.69, 9.17) is 15.9 Å². The Morgan fingerprint density at radius 1 is 1.38 bits per heavy atom. The molecule has 1 amide bonds. The van der Waals surface area contributed by atoms with E-state index >= 15 is 0 Å². The van der Waals surface area contributed by atoms with E-state index in [0.29, 0.717) is 18.8 Å². The Morgan fingerprint density at radius 3 is 2.57 bits per heavy atom. The Balaban J connectivity index is 2.59. The van der Waals surface area contributed by atoms with Gasteiger partial charge in [-0.2, -0.15) is 0 Å². The van der Waals surface area contributed by atoms with Crippen LogP contribution in [0.2, 0.25) is 0 Å². The average Bonchev–Trinajstić information content (AvgIpc) is 2.36. The van der Waals surface area contributed by atoms with E-state index in [-0.39, 0.29) is 19.3 Å². The highest BCUT2D eigenvalue weighted by molar-refractivity contribution is 5.90. The highest BCUT2D eigenvalue weighted by Crippen LogP contribution is 2.30. The molecule has 0 aromatic rings. The Bertz CT molecular complexity index is 412. The van der Waals surface area contributed by atoms with Crippen molar-refractivity contribution in [2.45, 2.75) is 63.5 Å². The molecule has 2 unspecified atom stereocenters. The van der Waals surface area contributed by atoms with Gasteiger partial charge in [-0.05, 0) is 31.6 Å². The molecule has 0 aliphatic heterocycles. The lowest BCUT2D eigenvalue weighted by Crippen LogP contribution is -2.59. The first kappa shape index (κ1) is 17.4. The maximum Gasteiger partial charge on any atom is 0.326 e. The minimum absolute atomic E-state index is 0.0823. The predicted molar refractivity (Wildman–Crippen MR) is 75.6 cm³/mol. The SMILES string of the molecule is CC1CCCC(N)(C(=O)N[C@H](CCCC(=O)O)C(=O)O)C1. The molecule has 120 valence electrons. The number of nitrogens with one attached hydrogen (secondary N) is 1. The highest BCUT2D eigenvalue weighted by atomic mass is 16.4. The van der Waals surface area contributed by atoms with Gasteiger partial charge < -0.3 is 21.3 Å². The summed E-state index contributed by atoms with van der Waals surface area (Å²) in [5.41, 5.74) is 5.10. The number of hydrogen-bond acceptors (Lipinski definition) is 4. The first-order valence-electron chi connectivity index (χ1n) is 7.29. The Kier molecular flexibility index (Phi) is 6.14. The van der Waals surface area contributed by atoms with Crippen molar-refractivity contribution in [2.75, 3.05) is 0 Å². The molecule has 0 bridgehead atoms. The molecule has 21 heavy (non-hydrogen) atoms. The maximum atomic E-state index is 12.3. The third-order valence-corrected chi connectivity index (χ3v) is 3.97. The fraction of sp³-hybridized carbons (Fsp3) is 0.786. The average molecular weight is 300 g/mol. The summed E-state index contributed by atoms with van der Waals surface area (Å²) < 4.78 is 0. The van der Waals surface area contributed by atoms with Crippen LogP contribution >= 0.6 is 0 Å². The molecule has 5 N–H and O–H groups in total. The van der Waals surface area contributed by atoms with Crippen LogP contribution in [0, 0.1) is 5.92 Å². The van der Waals surface area contributed by atoms with Gasteiger partial charge >= 0.3 is 11.9 Å². The number of carboxylic acids is 2. The van der Waals surface area contributed by atoms with Crippen molar-refractivity contribution in [2.24, 2.45) is 11.7 Å². The number of aliphatic carboxylic acids is 2. The third kappa shape index (κ3) is 5.34. The molecule has 7 nitrogen and oxygen atoms in total. The zero-order chi connectivity index (χ0) is 16.0. The molecule has 1 saturated carbocycles. The van der Waals surface area contributed by atoms with Crippen LogP contribution in [0.1, 0.15) is 51.9 Å². The molecule has 0 radical (unpaired) electrons. The summed E-state index contributed by atoms with van der Waals surface area (Å²) in [5.74, 6) is -2.26. The minimum Gasteiger partial charge on any atom is -0.481 e. The quantitative estimate of drug-likeness (QED) is 0.548. The van der Waals surface area contributed by atoms with Gasteiger partial charge in [0.15, 0.2) is 0 Å². The number of carboxylic acid groups (broad SMARTS) is 2. The minimum atomic E-state index is -1.17. The van der Waals surface area contributed by atoms with E-state index in [1.807, 2.05) is 6.92 Å². The van der Waals surface area contributed by atoms with Crippen LogP contribution in [-0.4, -0.2) is 39.6 Å². The molecule has 1 aliphatic carbocycles. The van der Waals surface area contributed by atoms with Gasteiger partial charge in [0.2, 0.25) is 5.91 Å². The van der Waals surface area contributed by atoms with Crippen molar-refractivity contribution in [3.8, 4) is 0 Å². The van der Waals surface area contributed by atoms with Crippen LogP contribution < -0.4 is 11.1 Å². The van der Waals surface area contributed by atoms with Gasteiger partial charge in [-0.25, -0.2) is 4.79 Å². The van der Waals surface area contributed by atoms with Crippen molar-refractivity contribution >= 4 is 17.8 Å². The second-order valence-corrected chi connectivity index (χ2v) is 6.01. The van der Waals surface area contributed by atoms with E-state index in [2.05, 4.69) is 5.32 Å². The van der Waals surface area contributed by atoms with Crippen molar-refractivity contribution in [3.63, 3.8) is 0 Å². The number of carbonyl (C=O) groups is 3. The zero-order valence-corrected chi connectivity index (χ0v) is 12.3. The monoisotopic (exact) mass is 300 g/mol. The van der Waals surface area contributed by atoms with Gasteiger partial charge in [0.25, 0.3) is 0 Å². The summed E-state index contributed by atoms with van der Waals surface area (Å²) in [7, 11) is 0. The Hall–Kier alpha value is -1.63. The Morgan fingerprint density at radius 2 is 2.05 bits per heavy atom. The molecule has 1 rings (SSSR count). The standard InChI is InChI=1S/C14H24N2O5/c1-9-4-3-7-14(15,8-9)13(21)16-10(12(19)20)5-2-6-11(17)18/h9-10H,2-8,15H2,1H3,(H,16,21)(H,17,18)(H,19,20)/t9?,10-,14?/m1/s1. The fourth-order valence-corrected chi connectivity index (χ4v) is 2.81. The van der Waals surface area contributed by atoms with Gasteiger partial charge in [-0.3, -0.25) is 9.59 Å². The molecule has 1 fully saturated rings. The topological polar surface area (TPSA) is 130 Å². The first-order chi connectivity index (χ1) is 9.74. The molecular formula is C14H24N2O5. The van der Waals surface area contributed by atoms with Gasteiger partial charge in [-0.1, -0.05) is 19.8 Å². The van der Waals surface area contributed by atoms with Crippen LogP contribution in [0.5, 0.6) is 0 Å². The van der Waals surface area contributed by atoms with E-state index < -0.39 is 29.4 Å². The summed E-state index contributed by atoms with van der Waals surface area (Å²) in [6, 6.07) is -1.09. The van der Waals surface area contributed by atoms with Crippen LogP contribution in [0.15, 0.2) is 0 Å². The van der Waals surface area contributed by atoms with Gasteiger partial charge in [-0.15, -0.1) is 0 Å². The smallest absolute Gasteiger partial charge is 0.326 e. The number of rotatable bonds is 7. The summed E-state index contributed by atoms with van der Waals surface area (Å²) in [5, 5.41) is 20.1. The second kappa shape index (κ2) is 7.40. The van der Waals surface area contributed by atoms with Crippen molar-refractivity contribution < 1.29 is 24.6 Å². The largest absolute Gasteiger partial charge is 0.481 e. The Labute approximate surface area is 123 Å². The molecule has 0 aromatic carbocycles. The molecule has 3 atom stereocenters. The molecule has 1 aliphatic rings. The van der Waals surface area contributed by atoms with Crippen LogP contribution in [0.3, 0.4) is 0 Å². The van der Waals surface area contributed by atoms with Crippen molar-refractivity contribution in [3.05, 3.63) is 0 Å². The molecule has 0 heterocycles. The molecule has 0 aromatic heterocycles. The first-order valence-corrected chi connectivity index (χ1v) is 7.29. The van der Waals surface area contributed by atoms with E-state index in [0.717, 1.165) is 12.8 Å². The number of amides is 1. The van der Waals surface area contributed by atoms with Gasteiger partial charge in [0, 0.05) is 6.42 Å². The fourth-order valence-electron chi connectivity index (χ4n) is 2.81. The van der Waals surface area contributed by atoms with Crippen LogP contribution in [0.4, 0.5) is 0 Å². The second-order valence-electron chi connectivity index (χ2n) is 6.01. The lowest BCUT2D eigenvalue weighted by molar-refractivity contribution is -0.143. The van der Waals surface area contributed by atoms with Crippen LogP contribution in [0.25, 0.3) is 0 Å². The van der Waals surface area contributed by atoms with E-state index in [1.54, 1.807) is 0 Å². The van der Waals surface area contributed by atoms with E-state index in [1.165, 1.54) is 0 Å². The third-order valence-electron chi connectivity index (χ3n) is 3.97. The van der Waals surface area contributed by atoms with Crippen molar-refractivity contribution in [1.82, 2.24) is 5.32 Å². The number of carbonyl (C=O) groups excluding carboxylic acids is 1. The van der Waals surface area contributed by atoms with E-state index in [9.17, 15) is 14.4 Å². The summed E-state index contributed by atoms with van der Waals surface area (Å²) in [4.78, 5) is 33.9. The summed E-state index contributed by atoms with van der Waals surface area (Å²) >= 11 is 0. The molecule has 0 spiro atoms. The highest BCUT2D eigenvalue weighted by Gasteiger charge is 2.39. The van der Waals surface area contributed by atoms with Gasteiger partial charge in [0.1, 0.15) is 6.04 Å². The van der Waals surface area contributed by atoms with Crippen LogP contribution in [-0.2, 0) is 14.4 Å². The lowest BCUT2D eigenvalue weighted by atomic mass is 9.76. The predicted octanol–water partition coefficient (Wildman–Crippen LogP) is 0.718. The summed E-state index contributed by atoms with van der Waals surface area (Å²) in [6.45, 7) is 2.02. The maximum absolute atomic E-state index is 12.3. The molecule has 7 heteroatoms. The van der Waals surface area contributed by atoms with Crippen molar-refractivity contribution in [1.29, 1.82) is 0 Å². The normalized spacial score (nSPS) is 26.9. The van der Waals surface area contributed by atoms with Gasteiger partial charge in [0.05, 0.1) is 5.54 Å². The number of nitrogens with two attached hydrogens (primary N) is 1. The number of hydrogen-bond donors (Lipinski definition) is 4. The summed E-state index contributed by atoms with van der Waals surface area (Å²) in [6.07, 6.45) is 3.12. The zero-order valence-electron chi connectivity index (χ0n) is 12.3.